The van der Waals surface area contributed by atoms with Crippen LogP contribution in [0.1, 0.15) is 11.6 Å². The van der Waals surface area contributed by atoms with Crippen LogP contribution in [0.15, 0.2) is 52.2 Å². The van der Waals surface area contributed by atoms with Gasteiger partial charge in [0, 0.05) is 17.8 Å². The van der Waals surface area contributed by atoms with E-state index in [4.69, 9.17) is 16.0 Å². The highest BCUT2D eigenvalue weighted by atomic mass is 35.5. The Morgan fingerprint density at radius 1 is 1.23 bits per heavy atom. The summed E-state index contributed by atoms with van der Waals surface area (Å²) < 4.78 is 7.05. The molecular weight excluding hydrogens is 374 g/mol. The first-order valence-corrected chi connectivity index (χ1v) is 9.28. The number of hydrogen-bond donors (Lipinski definition) is 2. The smallest absolute Gasteiger partial charge is 0.230 e. The van der Waals surface area contributed by atoms with E-state index in [1.54, 1.807) is 12.3 Å². The molecule has 0 atom stereocenters. The van der Waals surface area contributed by atoms with Crippen molar-refractivity contribution < 1.29 is 9.21 Å². The Hall–Kier alpha value is -2.45. The van der Waals surface area contributed by atoms with Crippen LogP contribution in [0.4, 0.5) is 5.69 Å². The summed E-state index contributed by atoms with van der Waals surface area (Å²) in [5, 5.41) is 15.7. The Morgan fingerprint density at radius 3 is 2.77 bits per heavy atom. The summed E-state index contributed by atoms with van der Waals surface area (Å²) in [6.45, 7) is 0.901. The van der Waals surface area contributed by atoms with Crippen molar-refractivity contribution in [3.63, 3.8) is 0 Å². The van der Waals surface area contributed by atoms with E-state index in [-0.39, 0.29) is 11.7 Å². The summed E-state index contributed by atoms with van der Waals surface area (Å²) in [5.74, 6) is 1.67. The summed E-state index contributed by atoms with van der Waals surface area (Å²) in [4.78, 5) is 11.9. The highest BCUT2D eigenvalue weighted by Gasteiger charge is 2.11. The maximum absolute atomic E-state index is 11.9. The number of amides is 1. The van der Waals surface area contributed by atoms with Gasteiger partial charge in [0.25, 0.3) is 0 Å². The molecule has 3 aromatic rings. The van der Waals surface area contributed by atoms with Crippen LogP contribution in [-0.4, -0.2) is 26.4 Å². The van der Waals surface area contributed by atoms with Crippen molar-refractivity contribution in [3.8, 4) is 0 Å². The average molecular weight is 392 g/mol. The fourth-order valence-corrected chi connectivity index (χ4v) is 3.04. The summed E-state index contributed by atoms with van der Waals surface area (Å²) in [6.07, 6.45) is 1.58. The van der Waals surface area contributed by atoms with Gasteiger partial charge >= 0.3 is 0 Å². The van der Waals surface area contributed by atoms with Gasteiger partial charge in [-0.2, -0.15) is 0 Å². The molecule has 0 spiro atoms. The van der Waals surface area contributed by atoms with E-state index < -0.39 is 0 Å². The van der Waals surface area contributed by atoms with E-state index in [2.05, 4.69) is 20.8 Å². The highest BCUT2D eigenvalue weighted by molar-refractivity contribution is 7.99. The standard InChI is InChI=1S/C17H18ClN5O2S/c1-23-15(10-19-13-6-4-12(18)5-7-13)21-22-17(23)26-11-16(24)20-9-14-3-2-8-25-14/h2-8,19H,9-11H2,1H3,(H,20,24). The van der Waals surface area contributed by atoms with Gasteiger partial charge in [0.05, 0.1) is 25.1 Å². The normalized spacial score (nSPS) is 10.7. The number of carbonyl (C=O) groups is 1. The van der Waals surface area contributed by atoms with E-state index in [1.807, 2.05) is 41.9 Å². The molecule has 9 heteroatoms. The van der Waals surface area contributed by atoms with Gasteiger partial charge in [-0.05, 0) is 36.4 Å². The van der Waals surface area contributed by atoms with Gasteiger partial charge in [-0.15, -0.1) is 10.2 Å². The molecule has 0 bridgehead atoms. The maximum Gasteiger partial charge on any atom is 0.230 e. The Bertz CT molecular complexity index is 849. The minimum Gasteiger partial charge on any atom is -0.467 e. The molecule has 0 radical (unpaired) electrons. The van der Waals surface area contributed by atoms with Gasteiger partial charge in [0.2, 0.25) is 5.91 Å². The third-order valence-electron chi connectivity index (χ3n) is 3.59. The average Bonchev–Trinajstić information content (AvgIpc) is 3.28. The SMILES string of the molecule is Cn1c(CNc2ccc(Cl)cc2)nnc1SCC(=O)NCc1ccco1. The van der Waals surface area contributed by atoms with Crippen LogP contribution >= 0.6 is 23.4 Å². The lowest BCUT2D eigenvalue weighted by Gasteiger charge is -2.07. The van der Waals surface area contributed by atoms with Crippen LogP contribution in [-0.2, 0) is 24.9 Å². The number of nitrogens with zero attached hydrogens (tertiary/aromatic N) is 3. The molecule has 0 aliphatic carbocycles. The molecule has 0 aliphatic rings. The van der Waals surface area contributed by atoms with E-state index in [0.717, 1.165) is 17.3 Å². The van der Waals surface area contributed by atoms with Crippen molar-refractivity contribution in [2.75, 3.05) is 11.1 Å². The molecule has 2 aromatic heterocycles. The predicted octanol–water partition coefficient (Wildman–Crippen LogP) is 3.08. The van der Waals surface area contributed by atoms with Gasteiger partial charge in [-0.1, -0.05) is 23.4 Å². The first kappa shape index (κ1) is 18.3. The largest absolute Gasteiger partial charge is 0.467 e. The quantitative estimate of drug-likeness (QED) is 0.574. The fourth-order valence-electron chi connectivity index (χ4n) is 2.15. The first-order valence-electron chi connectivity index (χ1n) is 7.91. The zero-order valence-electron chi connectivity index (χ0n) is 14.1. The van der Waals surface area contributed by atoms with Crippen molar-refractivity contribution in [3.05, 3.63) is 59.3 Å². The van der Waals surface area contributed by atoms with E-state index in [9.17, 15) is 4.79 Å². The number of halogens is 1. The number of benzene rings is 1. The Balaban J connectivity index is 1.47. The van der Waals surface area contributed by atoms with Crippen LogP contribution < -0.4 is 10.6 Å². The number of nitrogens with one attached hydrogen (secondary N) is 2. The lowest BCUT2D eigenvalue weighted by Crippen LogP contribution is -2.24. The Kier molecular flexibility index (Phi) is 6.19. The van der Waals surface area contributed by atoms with Gasteiger partial charge in [-0.3, -0.25) is 4.79 Å². The molecule has 0 unspecified atom stereocenters. The number of anilines is 1. The molecule has 0 aliphatic heterocycles. The Morgan fingerprint density at radius 2 is 2.04 bits per heavy atom. The molecule has 1 amide bonds. The zero-order valence-corrected chi connectivity index (χ0v) is 15.7. The van der Waals surface area contributed by atoms with Gasteiger partial charge in [0.15, 0.2) is 11.0 Å². The third kappa shape index (κ3) is 5.03. The summed E-state index contributed by atoms with van der Waals surface area (Å²) in [6, 6.07) is 11.0. The fraction of sp³-hybridized carbons (Fsp3) is 0.235. The number of aromatic nitrogens is 3. The van der Waals surface area contributed by atoms with Crippen molar-refractivity contribution in [2.24, 2.45) is 7.05 Å². The molecular formula is C17H18ClN5O2S. The summed E-state index contributed by atoms with van der Waals surface area (Å²) in [5.41, 5.74) is 0.948. The maximum atomic E-state index is 11.9. The minimum atomic E-state index is -0.0877. The second-order valence-electron chi connectivity index (χ2n) is 5.46. The van der Waals surface area contributed by atoms with Gasteiger partial charge in [0.1, 0.15) is 5.76 Å². The van der Waals surface area contributed by atoms with Gasteiger partial charge in [-0.25, -0.2) is 0 Å². The lowest BCUT2D eigenvalue weighted by atomic mass is 10.3. The topological polar surface area (TPSA) is 85.0 Å². The molecule has 136 valence electrons. The molecule has 0 saturated heterocycles. The van der Waals surface area contributed by atoms with E-state index >= 15 is 0 Å². The third-order valence-corrected chi connectivity index (χ3v) is 4.86. The zero-order chi connectivity index (χ0) is 18.4. The van der Waals surface area contributed by atoms with Crippen molar-refractivity contribution in [2.45, 2.75) is 18.2 Å². The second-order valence-corrected chi connectivity index (χ2v) is 6.84. The van der Waals surface area contributed by atoms with Crippen LogP contribution in [0.3, 0.4) is 0 Å². The molecule has 3 rings (SSSR count). The molecule has 0 saturated carbocycles. The van der Waals surface area contributed by atoms with Crippen molar-refractivity contribution >= 4 is 35.0 Å². The monoisotopic (exact) mass is 391 g/mol. The van der Waals surface area contributed by atoms with E-state index in [1.165, 1.54) is 11.8 Å². The van der Waals surface area contributed by atoms with Crippen LogP contribution in [0, 0.1) is 0 Å². The molecule has 2 N–H and O–H groups in total. The summed E-state index contributed by atoms with van der Waals surface area (Å²) in [7, 11) is 1.88. The van der Waals surface area contributed by atoms with Crippen molar-refractivity contribution in [1.29, 1.82) is 0 Å². The molecule has 2 heterocycles. The second kappa shape index (κ2) is 8.77. The number of thioether (sulfide) groups is 1. The number of rotatable bonds is 8. The molecule has 1 aromatic carbocycles. The minimum absolute atomic E-state index is 0.0877. The van der Waals surface area contributed by atoms with Crippen LogP contribution in [0.2, 0.25) is 5.02 Å². The van der Waals surface area contributed by atoms with Crippen LogP contribution in [0.25, 0.3) is 0 Å². The molecule has 0 fully saturated rings. The molecule has 7 nitrogen and oxygen atoms in total. The summed E-state index contributed by atoms with van der Waals surface area (Å²) >= 11 is 7.21. The number of hydrogen-bond acceptors (Lipinski definition) is 6. The first-order chi connectivity index (χ1) is 12.6. The lowest BCUT2D eigenvalue weighted by molar-refractivity contribution is -0.118. The van der Waals surface area contributed by atoms with Crippen molar-refractivity contribution in [1.82, 2.24) is 20.1 Å². The van der Waals surface area contributed by atoms with Gasteiger partial charge < -0.3 is 19.6 Å². The molecule has 26 heavy (non-hydrogen) atoms. The van der Waals surface area contributed by atoms with Crippen LogP contribution in [0.5, 0.6) is 0 Å². The predicted molar refractivity (Wildman–Crippen MR) is 101 cm³/mol. The Labute approximate surface area is 160 Å². The number of carbonyl (C=O) groups excluding carboxylic acids is 1. The highest BCUT2D eigenvalue weighted by Crippen LogP contribution is 2.17. The number of furan rings is 1. The van der Waals surface area contributed by atoms with E-state index in [0.29, 0.717) is 23.3 Å².